The molecule has 2 aliphatic carbocycles. The van der Waals surface area contributed by atoms with Crippen LogP contribution in [0.25, 0.3) is 22.3 Å². The molecule has 0 spiro atoms. The highest BCUT2D eigenvalue weighted by molar-refractivity contribution is 7.85. The van der Waals surface area contributed by atoms with Crippen LogP contribution < -0.4 is 31.8 Å². The van der Waals surface area contributed by atoms with Crippen LogP contribution in [0.15, 0.2) is 158 Å². The SMILES string of the molecule is Cc1c2c(c(C)c3c1C(C)(C)c1cc(P(=O)(c4ccccc4)c4ccccc4)ccc1-3)C(C)(C)c1cc(P(=O)(c3ccccc3)c3ccccc3)ccc1-2. The van der Waals surface area contributed by atoms with Gasteiger partial charge in [0.2, 0.25) is 0 Å². The van der Waals surface area contributed by atoms with E-state index in [0.29, 0.717) is 0 Å². The van der Waals surface area contributed by atoms with Gasteiger partial charge in [-0.15, -0.1) is 0 Å². The molecule has 0 atom stereocenters. The van der Waals surface area contributed by atoms with Crippen molar-refractivity contribution in [1.29, 1.82) is 0 Å². The van der Waals surface area contributed by atoms with Crippen LogP contribution in [-0.2, 0) is 20.0 Å². The van der Waals surface area contributed by atoms with E-state index in [1.54, 1.807) is 0 Å². The maximum Gasteiger partial charge on any atom is 0.171 e. The van der Waals surface area contributed by atoms with E-state index < -0.39 is 14.3 Å². The van der Waals surface area contributed by atoms with Crippen LogP contribution in [0.1, 0.15) is 61.1 Å². The Morgan fingerprint density at radius 2 is 0.648 bits per heavy atom. The molecular weight excluding hydrogens is 694 g/mol. The van der Waals surface area contributed by atoms with Gasteiger partial charge in [-0.2, -0.15) is 0 Å². The Hall–Kier alpha value is -5.00. The topological polar surface area (TPSA) is 34.1 Å². The molecule has 7 aromatic rings. The summed E-state index contributed by atoms with van der Waals surface area (Å²) in [5.41, 5.74) is 12.1. The Morgan fingerprint density at radius 3 is 0.926 bits per heavy atom. The maximum absolute atomic E-state index is 15.5. The van der Waals surface area contributed by atoms with Gasteiger partial charge >= 0.3 is 0 Å². The van der Waals surface area contributed by atoms with Crippen molar-refractivity contribution in [3.05, 3.63) is 191 Å². The van der Waals surface area contributed by atoms with E-state index in [1.165, 1.54) is 55.6 Å². The first-order chi connectivity index (χ1) is 25.9. The second-order valence-corrected chi connectivity index (χ2v) is 21.6. The number of hydrogen-bond acceptors (Lipinski definition) is 2. The highest BCUT2D eigenvalue weighted by Crippen LogP contribution is 2.60. The molecule has 2 aliphatic rings. The molecule has 4 heteroatoms. The Bertz CT molecular complexity index is 2440. The average molecular weight is 739 g/mol. The molecule has 0 heterocycles. The summed E-state index contributed by atoms with van der Waals surface area (Å²) in [6.07, 6.45) is 0. The molecule has 0 saturated carbocycles. The predicted octanol–water partition coefficient (Wildman–Crippen LogP) is 10.2. The molecule has 54 heavy (non-hydrogen) atoms. The van der Waals surface area contributed by atoms with E-state index >= 15 is 9.13 Å². The van der Waals surface area contributed by atoms with Crippen molar-refractivity contribution < 1.29 is 9.13 Å². The first-order valence-electron chi connectivity index (χ1n) is 18.8. The summed E-state index contributed by atoms with van der Waals surface area (Å²) >= 11 is 0. The van der Waals surface area contributed by atoms with Crippen molar-refractivity contribution in [2.45, 2.75) is 52.4 Å². The molecule has 2 nitrogen and oxygen atoms in total. The molecule has 0 saturated heterocycles. The standard InChI is InChI=1S/C50H44O2P2/c1-33-45-41-29-27-39(53(51,35-19-11-7-12-20-35)36-21-13-8-14-22-36)31-43(41)50(5,6)48(45)34(2)46-42-30-28-40(32-44(42)49(3,4)47(33)46)54(52,37-23-15-9-16-24-37)38-25-17-10-18-26-38/h7-32H,1-6H3. The van der Waals surface area contributed by atoms with Crippen molar-refractivity contribution in [3.8, 4) is 22.3 Å². The first kappa shape index (κ1) is 34.7. The third kappa shape index (κ3) is 4.73. The van der Waals surface area contributed by atoms with Crippen molar-refractivity contribution in [2.24, 2.45) is 0 Å². The zero-order valence-electron chi connectivity index (χ0n) is 31.7. The lowest BCUT2D eigenvalue weighted by Crippen LogP contribution is -2.26. The van der Waals surface area contributed by atoms with Gasteiger partial charge < -0.3 is 9.13 Å². The van der Waals surface area contributed by atoms with Gasteiger partial charge in [0.1, 0.15) is 0 Å². The van der Waals surface area contributed by atoms with Crippen molar-refractivity contribution in [2.75, 3.05) is 0 Å². The Balaban J connectivity index is 1.23. The van der Waals surface area contributed by atoms with E-state index in [-0.39, 0.29) is 10.8 Å². The molecule has 9 rings (SSSR count). The molecule has 0 amide bonds. The van der Waals surface area contributed by atoms with Gasteiger partial charge in [0.25, 0.3) is 0 Å². The third-order valence-corrected chi connectivity index (χ3v) is 18.5. The van der Waals surface area contributed by atoms with Crippen LogP contribution in [0, 0.1) is 13.8 Å². The summed E-state index contributed by atoms with van der Waals surface area (Å²) in [5, 5.41) is 5.11. The van der Waals surface area contributed by atoms with Crippen LogP contribution in [0.3, 0.4) is 0 Å². The molecule has 0 unspecified atom stereocenters. The zero-order chi connectivity index (χ0) is 37.6. The number of rotatable bonds is 6. The minimum Gasteiger partial charge on any atom is -0.309 e. The Kier molecular flexibility index (Phi) is 7.89. The minimum atomic E-state index is -3.15. The highest BCUT2D eigenvalue weighted by atomic mass is 31.2. The third-order valence-electron chi connectivity index (χ3n) is 12.3. The van der Waals surface area contributed by atoms with Gasteiger partial charge in [-0.25, -0.2) is 0 Å². The van der Waals surface area contributed by atoms with Crippen LogP contribution >= 0.6 is 14.3 Å². The fourth-order valence-electron chi connectivity index (χ4n) is 9.88. The summed E-state index contributed by atoms with van der Waals surface area (Å²) in [6.45, 7) is 13.9. The lowest BCUT2D eigenvalue weighted by Gasteiger charge is -2.29. The number of hydrogen-bond donors (Lipinski definition) is 0. The van der Waals surface area contributed by atoms with Gasteiger partial charge in [0.05, 0.1) is 0 Å². The molecule has 0 bridgehead atoms. The molecule has 0 radical (unpaired) electrons. The van der Waals surface area contributed by atoms with Crippen LogP contribution in [0.5, 0.6) is 0 Å². The predicted molar refractivity (Wildman–Crippen MR) is 230 cm³/mol. The minimum absolute atomic E-state index is 0.327. The first-order valence-corrected chi connectivity index (χ1v) is 22.2. The average Bonchev–Trinajstić information content (AvgIpc) is 3.60. The summed E-state index contributed by atoms with van der Waals surface area (Å²) in [5.74, 6) is 0. The van der Waals surface area contributed by atoms with Crippen LogP contribution in [0.4, 0.5) is 0 Å². The van der Waals surface area contributed by atoms with E-state index in [0.717, 1.165) is 31.8 Å². The largest absolute Gasteiger partial charge is 0.309 e. The van der Waals surface area contributed by atoms with Gasteiger partial charge in [0.15, 0.2) is 14.3 Å². The van der Waals surface area contributed by atoms with Crippen molar-refractivity contribution >= 4 is 46.1 Å². The van der Waals surface area contributed by atoms with E-state index in [4.69, 9.17) is 0 Å². The quantitative estimate of drug-likeness (QED) is 0.159. The number of fused-ring (bicyclic) bond motifs is 6. The van der Waals surface area contributed by atoms with Gasteiger partial charge in [0, 0.05) is 42.7 Å². The molecule has 7 aromatic carbocycles. The zero-order valence-corrected chi connectivity index (χ0v) is 33.5. The maximum atomic E-state index is 15.5. The molecule has 0 aliphatic heterocycles. The summed E-state index contributed by atoms with van der Waals surface area (Å²) in [4.78, 5) is 0. The Morgan fingerprint density at radius 1 is 0.370 bits per heavy atom. The summed E-state index contributed by atoms with van der Waals surface area (Å²) in [6, 6.07) is 53.0. The normalized spacial score (nSPS) is 14.9. The monoisotopic (exact) mass is 738 g/mol. The fourth-order valence-corrected chi connectivity index (χ4v) is 15.2. The second kappa shape index (κ2) is 12.3. The van der Waals surface area contributed by atoms with Crippen molar-refractivity contribution in [3.63, 3.8) is 0 Å². The van der Waals surface area contributed by atoms with Gasteiger partial charge in [-0.3, -0.25) is 0 Å². The molecule has 0 N–H and O–H groups in total. The van der Waals surface area contributed by atoms with Gasteiger partial charge in [-0.05, 0) is 81.6 Å². The molecule has 266 valence electrons. The smallest absolute Gasteiger partial charge is 0.171 e. The number of benzene rings is 7. The lowest BCUT2D eigenvalue weighted by atomic mass is 9.74. The van der Waals surface area contributed by atoms with Crippen LogP contribution in [0.2, 0.25) is 0 Å². The summed E-state index contributed by atoms with van der Waals surface area (Å²) < 4.78 is 31.0. The van der Waals surface area contributed by atoms with Crippen LogP contribution in [-0.4, -0.2) is 0 Å². The highest BCUT2D eigenvalue weighted by Gasteiger charge is 2.46. The Labute approximate surface area is 319 Å². The molecule has 0 aromatic heterocycles. The molecular formula is C50H44O2P2. The van der Waals surface area contributed by atoms with Gasteiger partial charge in [-0.1, -0.05) is 173 Å². The fraction of sp³-hybridized carbons (Fsp3) is 0.160. The van der Waals surface area contributed by atoms with E-state index in [1.807, 2.05) is 121 Å². The second-order valence-electron chi connectivity index (χ2n) is 16.0. The van der Waals surface area contributed by atoms with E-state index in [2.05, 4.69) is 77.9 Å². The lowest BCUT2D eigenvalue weighted by molar-refractivity contribution is 0.591. The molecule has 0 fully saturated rings. The van der Waals surface area contributed by atoms with Crippen molar-refractivity contribution in [1.82, 2.24) is 0 Å². The summed E-state index contributed by atoms with van der Waals surface area (Å²) in [7, 11) is -6.30. The van der Waals surface area contributed by atoms with E-state index in [9.17, 15) is 0 Å².